The van der Waals surface area contributed by atoms with Crippen LogP contribution in [0.2, 0.25) is 0 Å². The van der Waals surface area contributed by atoms with Crippen LogP contribution in [0.5, 0.6) is 0 Å². The molecule has 0 aliphatic carbocycles. The maximum atomic E-state index is 8.39. The second kappa shape index (κ2) is 32.7. The Kier molecular flexibility index (Phi) is 72.8. The van der Waals surface area contributed by atoms with E-state index in [-0.39, 0.29) is 39.8 Å². The molecule has 0 aliphatic heterocycles. The summed E-state index contributed by atoms with van der Waals surface area (Å²) in [7, 11) is 0. The van der Waals surface area contributed by atoms with Crippen LogP contribution in [0.15, 0.2) is 0 Å². The average molecular weight is 188 g/mol. The van der Waals surface area contributed by atoms with Gasteiger partial charge in [-0.2, -0.15) is 0 Å². The van der Waals surface area contributed by atoms with Crippen molar-refractivity contribution in [3.8, 4) is 0 Å². The zero-order valence-corrected chi connectivity index (χ0v) is 5.20. The third kappa shape index (κ3) is 11.3. The van der Waals surface area contributed by atoms with Crippen LogP contribution >= 0.6 is 0 Å². The van der Waals surface area contributed by atoms with E-state index in [1.165, 1.54) is 0 Å². The van der Waals surface area contributed by atoms with Crippen LogP contribution in [0.25, 0.3) is 0 Å². The molecule has 0 spiro atoms. The molecule has 24 valence electrons. The molecule has 4 heavy (non-hydrogen) atoms. The minimum atomic E-state index is 0.0556. The van der Waals surface area contributed by atoms with Crippen molar-refractivity contribution in [2.45, 2.75) is 0 Å². The molecule has 0 saturated heterocycles. The minimum absolute atomic E-state index is 0.0556. The van der Waals surface area contributed by atoms with Gasteiger partial charge in [0.2, 0.25) is 0 Å². The molecule has 0 radical (unpaired) electrons. The van der Waals surface area contributed by atoms with Gasteiger partial charge in [0.05, 0.1) is 0 Å². The molecule has 4 heteroatoms. The Bertz CT molecular complexity index is 6.00. The van der Waals surface area contributed by atoms with Crippen molar-refractivity contribution in [1.82, 2.24) is 0 Å². The van der Waals surface area contributed by atoms with Gasteiger partial charge in [0, 0.05) is 0 Å². The first-order valence-electron chi connectivity index (χ1n) is 0.537. The van der Waals surface area contributed by atoms with Crippen LogP contribution in [0.4, 0.5) is 0 Å². The molecule has 0 bridgehead atoms. The maximum absolute atomic E-state index is 8.39. The molecule has 4 N–H and O–H groups in total. The Balaban J connectivity index is 0. The van der Waals surface area contributed by atoms with Gasteiger partial charge in [-0.1, -0.05) is 0 Å². The molecule has 0 atom stereocenters. The summed E-state index contributed by atoms with van der Waals surface area (Å²) in [5, 5.41) is 0. The molecule has 0 aromatic carbocycles. The van der Waals surface area contributed by atoms with Gasteiger partial charge >= 0.3 is 40.7 Å². The third-order valence-electron chi connectivity index (χ3n) is 0. The van der Waals surface area contributed by atoms with Gasteiger partial charge in [0.25, 0.3) is 0 Å². The van der Waals surface area contributed by atoms with Crippen molar-refractivity contribution in [1.29, 1.82) is 0 Å². The summed E-state index contributed by atoms with van der Waals surface area (Å²) in [5.74, 6) is 8.00. The first-order chi connectivity index (χ1) is 2.00. The second-order valence-electron chi connectivity index (χ2n) is 0. The van der Waals surface area contributed by atoms with Gasteiger partial charge in [0.1, 0.15) is 0 Å². The van der Waals surface area contributed by atoms with Crippen LogP contribution < -0.4 is 11.7 Å². The van der Waals surface area contributed by atoms with Gasteiger partial charge in [-0.05, 0) is 0 Å². The fourth-order valence-corrected chi connectivity index (χ4v) is 0. The van der Waals surface area contributed by atoms with E-state index in [1.807, 2.05) is 0 Å². The van der Waals surface area contributed by atoms with E-state index in [1.54, 1.807) is 0 Å². The number of hydrogen-bond acceptors (Lipinski definition) is 3. The molecule has 0 aromatic rings. The molecular formula is H4CeN2O. The quantitative estimate of drug-likeness (QED) is 0.366. The number of nitrogens with two attached hydrogens (primary N) is 2. The van der Waals surface area contributed by atoms with Crippen molar-refractivity contribution in [2.75, 3.05) is 0 Å². The monoisotopic (exact) mass is 188 g/mol. The topological polar surface area (TPSA) is 69.1 Å². The summed E-state index contributed by atoms with van der Waals surface area (Å²) >= 11 is 0.0556. The van der Waals surface area contributed by atoms with Crippen molar-refractivity contribution >= 4 is 0 Å². The first-order valence-corrected chi connectivity index (χ1v) is 1.82. The van der Waals surface area contributed by atoms with Crippen molar-refractivity contribution in [3.63, 3.8) is 0 Å². The summed E-state index contributed by atoms with van der Waals surface area (Å²) in [6, 6.07) is 0. The van der Waals surface area contributed by atoms with E-state index in [0.717, 1.165) is 0 Å². The summed E-state index contributed by atoms with van der Waals surface area (Å²) in [4.78, 5) is 0. The van der Waals surface area contributed by atoms with Crippen LogP contribution in [0, 0.1) is 39.8 Å². The summed E-state index contributed by atoms with van der Waals surface area (Å²) < 4.78 is 8.39. The zero-order valence-electron chi connectivity index (χ0n) is 2.06. The first kappa shape index (κ1) is 8.92. The van der Waals surface area contributed by atoms with E-state index in [0.29, 0.717) is 0 Å². The number of hydrogen-bond donors (Lipinski definition) is 2. The molecule has 0 aromatic heterocycles. The van der Waals surface area contributed by atoms with Gasteiger partial charge in [0.15, 0.2) is 0 Å². The summed E-state index contributed by atoms with van der Waals surface area (Å²) in [6.07, 6.45) is 0. The molecule has 0 heterocycles. The predicted octanol–water partition coefficient (Wildman–Crippen LogP) is -1.30. The Labute approximate surface area is 51.9 Å². The number of rotatable bonds is 0. The van der Waals surface area contributed by atoms with Crippen molar-refractivity contribution in [3.05, 3.63) is 0 Å². The predicted molar refractivity (Wildman–Crippen MR) is 9.06 cm³/mol. The fourth-order valence-electron chi connectivity index (χ4n) is 0. The standard InChI is InChI=1S/Ce.H4N2.O/c;1-2;/h;1-2H2;. The molecule has 0 saturated carbocycles. The van der Waals surface area contributed by atoms with Gasteiger partial charge < -0.3 is 0 Å². The van der Waals surface area contributed by atoms with Crippen LogP contribution in [-0.2, 0) is 0.938 Å². The van der Waals surface area contributed by atoms with Crippen molar-refractivity contribution in [2.24, 2.45) is 11.7 Å². The van der Waals surface area contributed by atoms with Gasteiger partial charge in [-0.25, -0.2) is 0 Å². The molecule has 0 unspecified atom stereocenters. The molecule has 3 nitrogen and oxygen atoms in total. The van der Waals surface area contributed by atoms with E-state index in [9.17, 15) is 0 Å². The molecule has 0 fully saturated rings. The fraction of sp³-hybridized carbons (Fsp3) is 0. The second-order valence-corrected chi connectivity index (χ2v) is 0. The zero-order chi connectivity index (χ0) is 4.00. The summed E-state index contributed by atoms with van der Waals surface area (Å²) in [5.41, 5.74) is 0. The third-order valence-corrected chi connectivity index (χ3v) is 0. The molecule has 0 amide bonds. The Hall–Kier alpha value is 1.10. The van der Waals surface area contributed by atoms with Crippen molar-refractivity contribution < 1.29 is 40.7 Å². The normalized spacial score (nSPS) is 2.25. The van der Waals surface area contributed by atoms with E-state index < -0.39 is 0 Å². The van der Waals surface area contributed by atoms with Crippen LogP contribution in [-0.4, -0.2) is 0 Å². The Morgan fingerprint density at radius 2 is 1.25 bits per heavy atom. The van der Waals surface area contributed by atoms with Crippen LogP contribution in [0.1, 0.15) is 0 Å². The number of hydrazine groups is 1. The van der Waals surface area contributed by atoms with E-state index >= 15 is 0 Å². The van der Waals surface area contributed by atoms with Crippen LogP contribution in [0.3, 0.4) is 0 Å². The average Bonchev–Trinajstić information content (AvgIpc) is 1.50. The van der Waals surface area contributed by atoms with E-state index in [4.69, 9.17) is 0.938 Å². The summed E-state index contributed by atoms with van der Waals surface area (Å²) in [6.45, 7) is 0. The van der Waals surface area contributed by atoms with E-state index in [2.05, 4.69) is 11.7 Å². The Morgan fingerprint density at radius 1 is 1.25 bits per heavy atom. The Morgan fingerprint density at radius 3 is 1.25 bits per heavy atom. The molecule has 0 aliphatic rings. The molecular weight excluding hydrogens is 184 g/mol. The molecule has 0 rings (SSSR count). The SMILES string of the molecule is NN.[O]=[Ce]. The van der Waals surface area contributed by atoms with Gasteiger partial charge in [-0.15, -0.1) is 0 Å². The van der Waals surface area contributed by atoms with Gasteiger partial charge in [-0.3, -0.25) is 11.7 Å².